The number of amides is 2. The van der Waals surface area contributed by atoms with Crippen molar-refractivity contribution in [3.63, 3.8) is 0 Å². The van der Waals surface area contributed by atoms with Crippen LogP contribution in [-0.4, -0.2) is 42.1 Å². The van der Waals surface area contributed by atoms with Crippen molar-refractivity contribution < 1.29 is 19.1 Å². The molecule has 0 bridgehead atoms. The van der Waals surface area contributed by atoms with Crippen LogP contribution in [0.4, 0.5) is 9.59 Å². The second kappa shape index (κ2) is 11.3. The zero-order chi connectivity index (χ0) is 15.1. The van der Waals surface area contributed by atoms with Crippen LogP contribution in [0.2, 0.25) is 0 Å². The Kier molecular flexibility index (Phi) is 11.8. The van der Waals surface area contributed by atoms with Gasteiger partial charge in [0.05, 0.1) is 5.69 Å². The highest BCUT2D eigenvalue weighted by molar-refractivity contribution is 7.98. The number of hydrogen-bond acceptors (Lipinski definition) is 6. The molecule has 0 saturated carbocycles. The summed E-state index contributed by atoms with van der Waals surface area (Å²) in [6, 6.07) is 0. The first-order chi connectivity index (χ1) is 9.53. The van der Waals surface area contributed by atoms with E-state index in [1.807, 2.05) is 13.3 Å². The van der Waals surface area contributed by atoms with E-state index in [-0.39, 0.29) is 38.0 Å². The minimum Gasteiger partial charge on any atom is -0.443 e. The second-order valence-electron chi connectivity index (χ2n) is 3.70. The zero-order valence-electron chi connectivity index (χ0n) is 12.7. The summed E-state index contributed by atoms with van der Waals surface area (Å²) in [5, 5.41) is 5.46. The smallest absolute Gasteiger partial charge is 0.407 e. The number of carbonyl (C=O) groups is 2. The predicted molar refractivity (Wildman–Crippen MR) is 88.0 cm³/mol. The number of aromatic nitrogens is 2. The van der Waals surface area contributed by atoms with Crippen LogP contribution in [0.5, 0.6) is 0 Å². The van der Waals surface area contributed by atoms with Gasteiger partial charge < -0.3 is 24.7 Å². The lowest BCUT2D eigenvalue weighted by molar-refractivity contribution is 0.131. The third kappa shape index (κ3) is 6.20. The number of halogens is 2. The first-order valence-corrected chi connectivity index (χ1v) is 7.03. The Balaban J connectivity index is 0. The van der Waals surface area contributed by atoms with Gasteiger partial charge in [0.25, 0.3) is 0 Å². The standard InChI is InChI=1S/C11H18N4O4S.2ClH/c1-12-10(16)18-5-7-8(6-19-11(17)13-2)15(3)9(14-7)20-4;;/h5-6H2,1-4H3,(H,12,16)(H,13,17);2*1H. The number of nitrogens with zero attached hydrogens (tertiary/aromatic N) is 2. The zero-order valence-corrected chi connectivity index (χ0v) is 15.1. The van der Waals surface area contributed by atoms with Gasteiger partial charge in [-0.25, -0.2) is 14.6 Å². The number of nitrogens with one attached hydrogen (secondary N) is 2. The van der Waals surface area contributed by atoms with Gasteiger partial charge in [0.1, 0.15) is 18.9 Å². The van der Waals surface area contributed by atoms with Crippen molar-refractivity contribution in [3.05, 3.63) is 11.4 Å². The molecule has 128 valence electrons. The van der Waals surface area contributed by atoms with Gasteiger partial charge in [-0.2, -0.15) is 0 Å². The maximum atomic E-state index is 11.1. The highest BCUT2D eigenvalue weighted by Crippen LogP contribution is 2.20. The summed E-state index contributed by atoms with van der Waals surface area (Å²) >= 11 is 1.45. The molecule has 1 rings (SSSR count). The summed E-state index contributed by atoms with van der Waals surface area (Å²) < 4.78 is 11.8. The van der Waals surface area contributed by atoms with Crippen molar-refractivity contribution in [2.24, 2.45) is 7.05 Å². The summed E-state index contributed by atoms with van der Waals surface area (Å²) in [5.41, 5.74) is 1.24. The first-order valence-electron chi connectivity index (χ1n) is 5.80. The van der Waals surface area contributed by atoms with Gasteiger partial charge in [0, 0.05) is 21.1 Å². The molecule has 0 radical (unpaired) electrons. The van der Waals surface area contributed by atoms with Crippen LogP contribution in [0.1, 0.15) is 11.4 Å². The van der Waals surface area contributed by atoms with Gasteiger partial charge >= 0.3 is 12.2 Å². The van der Waals surface area contributed by atoms with Gasteiger partial charge in [-0.15, -0.1) is 24.8 Å². The summed E-state index contributed by atoms with van der Waals surface area (Å²) in [6.07, 6.45) is 0.810. The average molecular weight is 375 g/mol. The summed E-state index contributed by atoms with van der Waals surface area (Å²) in [4.78, 5) is 26.6. The number of thioether (sulfide) groups is 1. The Bertz CT molecular complexity index is 499. The number of rotatable bonds is 5. The molecule has 1 aromatic heterocycles. The first kappa shape index (κ1) is 23.0. The minimum absolute atomic E-state index is 0. The number of hydrogen-bond donors (Lipinski definition) is 2. The average Bonchev–Trinajstić information content (AvgIpc) is 2.77. The van der Waals surface area contributed by atoms with Crippen LogP contribution in [0.25, 0.3) is 0 Å². The second-order valence-corrected chi connectivity index (χ2v) is 4.48. The van der Waals surface area contributed by atoms with Crippen LogP contribution in [0.15, 0.2) is 5.16 Å². The molecule has 2 N–H and O–H groups in total. The molecule has 22 heavy (non-hydrogen) atoms. The van der Waals surface area contributed by atoms with E-state index in [1.165, 1.54) is 25.9 Å². The molecular weight excluding hydrogens is 355 g/mol. The van der Waals surface area contributed by atoms with E-state index < -0.39 is 12.2 Å². The Labute approximate surface area is 145 Å². The lowest BCUT2D eigenvalue weighted by Gasteiger charge is -2.08. The Morgan fingerprint density at radius 3 is 2.09 bits per heavy atom. The lowest BCUT2D eigenvalue weighted by Crippen LogP contribution is -2.21. The molecule has 0 aliphatic carbocycles. The van der Waals surface area contributed by atoms with Crippen LogP contribution in [-0.2, 0) is 29.7 Å². The normalized spacial score (nSPS) is 9.09. The van der Waals surface area contributed by atoms with Crippen molar-refractivity contribution in [1.29, 1.82) is 0 Å². The van der Waals surface area contributed by atoms with E-state index >= 15 is 0 Å². The Morgan fingerprint density at radius 1 is 1.14 bits per heavy atom. The third-order valence-corrected chi connectivity index (χ3v) is 3.26. The Morgan fingerprint density at radius 2 is 1.64 bits per heavy atom. The summed E-state index contributed by atoms with van der Waals surface area (Å²) in [5.74, 6) is 0. The fourth-order valence-corrected chi connectivity index (χ4v) is 2.04. The monoisotopic (exact) mass is 374 g/mol. The van der Waals surface area contributed by atoms with Crippen LogP contribution >= 0.6 is 36.6 Å². The van der Waals surface area contributed by atoms with E-state index in [9.17, 15) is 9.59 Å². The topological polar surface area (TPSA) is 94.5 Å². The largest absolute Gasteiger partial charge is 0.443 e. The van der Waals surface area contributed by atoms with E-state index in [4.69, 9.17) is 9.47 Å². The van der Waals surface area contributed by atoms with Gasteiger partial charge in [-0.3, -0.25) is 0 Å². The molecule has 1 heterocycles. The third-order valence-electron chi connectivity index (χ3n) is 2.53. The molecule has 1 aromatic rings. The highest BCUT2D eigenvalue weighted by atomic mass is 35.5. The fourth-order valence-electron chi connectivity index (χ4n) is 1.45. The number of alkyl carbamates (subject to hydrolysis) is 2. The maximum absolute atomic E-state index is 11.1. The maximum Gasteiger partial charge on any atom is 0.407 e. The quantitative estimate of drug-likeness (QED) is 0.761. The highest BCUT2D eigenvalue weighted by Gasteiger charge is 2.17. The molecule has 0 saturated heterocycles. The van der Waals surface area contributed by atoms with Crippen LogP contribution in [0.3, 0.4) is 0 Å². The number of imidazole rings is 1. The van der Waals surface area contributed by atoms with Gasteiger partial charge in [-0.1, -0.05) is 11.8 Å². The van der Waals surface area contributed by atoms with Crippen molar-refractivity contribution in [1.82, 2.24) is 20.2 Å². The molecule has 11 heteroatoms. The van der Waals surface area contributed by atoms with E-state index in [0.717, 1.165) is 5.16 Å². The van der Waals surface area contributed by atoms with Gasteiger partial charge in [0.2, 0.25) is 0 Å². The lowest BCUT2D eigenvalue weighted by atomic mass is 10.3. The van der Waals surface area contributed by atoms with Crippen molar-refractivity contribution in [2.45, 2.75) is 18.4 Å². The molecule has 0 fully saturated rings. The molecule has 0 aliphatic rings. The van der Waals surface area contributed by atoms with Crippen molar-refractivity contribution in [3.8, 4) is 0 Å². The van der Waals surface area contributed by atoms with E-state index in [1.54, 1.807) is 4.57 Å². The van der Waals surface area contributed by atoms with Gasteiger partial charge in [-0.05, 0) is 6.26 Å². The van der Waals surface area contributed by atoms with E-state index in [2.05, 4.69) is 15.6 Å². The molecule has 2 amide bonds. The predicted octanol–water partition coefficient (Wildman–Crippen LogP) is 1.70. The molecule has 0 aliphatic heterocycles. The van der Waals surface area contributed by atoms with Gasteiger partial charge in [0.15, 0.2) is 5.16 Å². The van der Waals surface area contributed by atoms with Crippen molar-refractivity contribution >= 4 is 48.8 Å². The summed E-state index contributed by atoms with van der Waals surface area (Å²) in [6.45, 7) is 0.0662. The fraction of sp³-hybridized carbons (Fsp3) is 0.545. The van der Waals surface area contributed by atoms with Crippen LogP contribution < -0.4 is 10.6 Å². The SMILES string of the molecule is CNC(=O)OCc1nc(SC)n(C)c1COC(=O)NC.Cl.Cl. The molecular formula is C11H20Cl2N4O4S. The molecule has 0 aromatic carbocycles. The molecule has 0 spiro atoms. The summed E-state index contributed by atoms with van der Waals surface area (Å²) in [7, 11) is 4.77. The van der Waals surface area contributed by atoms with Crippen molar-refractivity contribution in [2.75, 3.05) is 20.4 Å². The van der Waals surface area contributed by atoms with Crippen LogP contribution in [0, 0.1) is 0 Å². The number of ether oxygens (including phenoxy) is 2. The molecule has 0 atom stereocenters. The Hall–Kier alpha value is -1.32. The minimum atomic E-state index is -0.542. The molecule has 0 unspecified atom stereocenters. The van der Waals surface area contributed by atoms with E-state index in [0.29, 0.717) is 11.4 Å². The molecule has 8 nitrogen and oxygen atoms in total. The number of carbonyl (C=O) groups excluding carboxylic acids is 2.